The van der Waals surface area contributed by atoms with E-state index < -0.39 is 11.8 Å². The summed E-state index contributed by atoms with van der Waals surface area (Å²) in [7, 11) is 0. The van der Waals surface area contributed by atoms with Crippen molar-refractivity contribution in [2.24, 2.45) is 0 Å². The second-order valence-corrected chi connectivity index (χ2v) is 6.02. The molecule has 0 aliphatic heterocycles. The van der Waals surface area contributed by atoms with E-state index in [9.17, 15) is 14.7 Å². The Balaban J connectivity index is 2.09. The molecule has 22 heavy (non-hydrogen) atoms. The van der Waals surface area contributed by atoms with E-state index in [1.807, 2.05) is 13.0 Å². The van der Waals surface area contributed by atoms with Gasteiger partial charge in [0, 0.05) is 8.59 Å². The lowest BCUT2D eigenvalue weighted by molar-refractivity contribution is 0.0844. The third-order valence-corrected chi connectivity index (χ3v) is 4.60. The lowest BCUT2D eigenvalue weighted by Gasteiger charge is -2.10. The largest absolute Gasteiger partial charge is 0.507 e. The molecule has 114 valence electrons. The Hall–Kier alpha value is -1.80. The van der Waals surface area contributed by atoms with Crippen LogP contribution in [-0.4, -0.2) is 16.9 Å². The molecule has 0 spiro atoms. The summed E-state index contributed by atoms with van der Waals surface area (Å²) in [6.07, 6.45) is 0. The summed E-state index contributed by atoms with van der Waals surface area (Å²) in [6, 6.07) is 9.39. The molecule has 0 atom stereocenters. The predicted molar refractivity (Wildman–Crippen MR) is 91.9 cm³/mol. The molecule has 2 aromatic carbocycles. The number of nitrogens with one attached hydrogen (secondary N) is 2. The van der Waals surface area contributed by atoms with Crippen LogP contribution in [0.3, 0.4) is 0 Å². The molecule has 0 aromatic heterocycles. The van der Waals surface area contributed by atoms with Crippen molar-refractivity contribution in [2.75, 3.05) is 0 Å². The number of benzene rings is 2. The standard InChI is InChI=1S/C15H12ClIN2O3/c1-8-3-2-4-10(13(8)17)14(21)18-19-15(22)11-7-9(16)5-6-12(11)20/h2-7,20H,1H3,(H,18,21)(H,19,22). The van der Waals surface area contributed by atoms with Crippen molar-refractivity contribution in [2.45, 2.75) is 6.92 Å². The molecule has 0 unspecified atom stereocenters. The smallest absolute Gasteiger partial charge is 0.273 e. The highest BCUT2D eigenvalue weighted by Crippen LogP contribution is 2.21. The van der Waals surface area contributed by atoms with E-state index in [1.165, 1.54) is 18.2 Å². The molecule has 0 radical (unpaired) electrons. The van der Waals surface area contributed by atoms with Gasteiger partial charge in [-0.05, 0) is 59.3 Å². The molecule has 0 fully saturated rings. The third-order valence-electron chi connectivity index (χ3n) is 2.93. The van der Waals surface area contributed by atoms with E-state index in [1.54, 1.807) is 12.1 Å². The van der Waals surface area contributed by atoms with Gasteiger partial charge in [-0.2, -0.15) is 0 Å². The fraction of sp³-hybridized carbons (Fsp3) is 0.0667. The average molecular weight is 431 g/mol. The number of hydrazine groups is 1. The van der Waals surface area contributed by atoms with E-state index >= 15 is 0 Å². The van der Waals surface area contributed by atoms with Gasteiger partial charge in [-0.1, -0.05) is 23.7 Å². The highest BCUT2D eigenvalue weighted by molar-refractivity contribution is 14.1. The van der Waals surface area contributed by atoms with Crippen LogP contribution < -0.4 is 10.9 Å². The number of amides is 2. The summed E-state index contributed by atoms with van der Waals surface area (Å²) in [5.41, 5.74) is 5.96. The van der Waals surface area contributed by atoms with E-state index in [4.69, 9.17) is 11.6 Å². The Kier molecular flexibility index (Phi) is 5.25. The molecule has 0 saturated carbocycles. The van der Waals surface area contributed by atoms with Gasteiger partial charge in [0.25, 0.3) is 11.8 Å². The summed E-state index contributed by atoms with van der Waals surface area (Å²) in [6.45, 7) is 1.89. The van der Waals surface area contributed by atoms with Crippen LogP contribution in [0, 0.1) is 10.5 Å². The number of hydrogen-bond acceptors (Lipinski definition) is 3. The number of carbonyl (C=O) groups excluding carboxylic acids is 2. The molecule has 7 heteroatoms. The lowest BCUT2D eigenvalue weighted by Crippen LogP contribution is -2.42. The predicted octanol–water partition coefficient (Wildman–Crippen LogP) is 3.03. The minimum atomic E-state index is -0.656. The maximum absolute atomic E-state index is 12.1. The molecular weight excluding hydrogens is 419 g/mol. The number of hydrogen-bond donors (Lipinski definition) is 3. The molecule has 2 aromatic rings. The molecule has 2 amide bonds. The normalized spacial score (nSPS) is 10.1. The van der Waals surface area contributed by atoms with Crippen LogP contribution >= 0.6 is 34.2 Å². The summed E-state index contributed by atoms with van der Waals surface area (Å²) in [4.78, 5) is 24.0. The minimum absolute atomic E-state index is 0.0215. The molecule has 0 bridgehead atoms. The highest BCUT2D eigenvalue weighted by atomic mass is 127. The number of aromatic hydroxyl groups is 1. The maximum Gasteiger partial charge on any atom is 0.273 e. The van der Waals surface area contributed by atoms with Gasteiger partial charge in [0.05, 0.1) is 11.1 Å². The van der Waals surface area contributed by atoms with Crippen LogP contribution in [0.2, 0.25) is 5.02 Å². The number of halogens is 2. The number of phenolic OH excluding ortho intramolecular Hbond substituents is 1. The number of phenols is 1. The van der Waals surface area contributed by atoms with E-state index in [0.717, 1.165) is 9.13 Å². The molecule has 0 saturated heterocycles. The second-order valence-electron chi connectivity index (χ2n) is 4.51. The monoisotopic (exact) mass is 430 g/mol. The van der Waals surface area contributed by atoms with Crippen molar-refractivity contribution in [3.05, 3.63) is 61.7 Å². The zero-order valence-corrected chi connectivity index (χ0v) is 14.4. The zero-order chi connectivity index (χ0) is 16.3. The fourth-order valence-corrected chi connectivity index (χ4v) is 2.54. The van der Waals surface area contributed by atoms with Gasteiger partial charge < -0.3 is 5.11 Å². The van der Waals surface area contributed by atoms with E-state index in [-0.39, 0.29) is 11.3 Å². The van der Waals surface area contributed by atoms with Crippen LogP contribution in [0.25, 0.3) is 0 Å². The van der Waals surface area contributed by atoms with Gasteiger partial charge in [-0.3, -0.25) is 20.4 Å². The first-order valence-corrected chi connectivity index (χ1v) is 7.70. The Labute approximate surface area is 145 Å². The quantitative estimate of drug-likeness (QED) is 0.506. The minimum Gasteiger partial charge on any atom is -0.507 e. The number of rotatable bonds is 2. The van der Waals surface area contributed by atoms with Crippen molar-refractivity contribution in [3.63, 3.8) is 0 Å². The van der Waals surface area contributed by atoms with Crippen molar-refractivity contribution in [3.8, 4) is 5.75 Å². The highest BCUT2D eigenvalue weighted by Gasteiger charge is 2.15. The molecule has 0 aliphatic rings. The summed E-state index contributed by atoms with van der Waals surface area (Å²) in [5, 5.41) is 9.94. The third kappa shape index (κ3) is 3.69. The molecular formula is C15H12ClIN2O3. The topological polar surface area (TPSA) is 78.4 Å². The van der Waals surface area contributed by atoms with Crippen molar-refractivity contribution >= 4 is 46.0 Å². The maximum atomic E-state index is 12.1. The van der Waals surface area contributed by atoms with Crippen LogP contribution in [0.15, 0.2) is 36.4 Å². The van der Waals surface area contributed by atoms with Crippen LogP contribution in [0.4, 0.5) is 0 Å². The molecule has 5 nitrogen and oxygen atoms in total. The number of aryl methyl sites for hydroxylation is 1. The van der Waals surface area contributed by atoms with Gasteiger partial charge in [-0.25, -0.2) is 0 Å². The first-order chi connectivity index (χ1) is 10.4. The van der Waals surface area contributed by atoms with Gasteiger partial charge in [-0.15, -0.1) is 0 Å². The van der Waals surface area contributed by atoms with Crippen LogP contribution in [0.5, 0.6) is 5.75 Å². The first kappa shape index (κ1) is 16.6. The Morgan fingerprint density at radius 2 is 1.73 bits per heavy atom. The van der Waals surface area contributed by atoms with Gasteiger partial charge >= 0.3 is 0 Å². The summed E-state index contributed by atoms with van der Waals surface area (Å²) >= 11 is 7.85. The summed E-state index contributed by atoms with van der Waals surface area (Å²) < 4.78 is 0.803. The van der Waals surface area contributed by atoms with Crippen LogP contribution in [-0.2, 0) is 0 Å². The molecule has 3 N–H and O–H groups in total. The number of carbonyl (C=O) groups is 2. The first-order valence-electron chi connectivity index (χ1n) is 6.24. The Morgan fingerprint density at radius 1 is 1.09 bits per heavy atom. The van der Waals surface area contributed by atoms with Crippen molar-refractivity contribution in [1.82, 2.24) is 10.9 Å². The van der Waals surface area contributed by atoms with E-state index in [2.05, 4.69) is 33.4 Å². The fourth-order valence-electron chi connectivity index (χ4n) is 1.76. The lowest BCUT2D eigenvalue weighted by atomic mass is 10.1. The average Bonchev–Trinajstić information content (AvgIpc) is 2.49. The molecule has 2 rings (SSSR count). The zero-order valence-electron chi connectivity index (χ0n) is 11.5. The second kappa shape index (κ2) is 6.97. The van der Waals surface area contributed by atoms with Gasteiger partial charge in [0.15, 0.2) is 0 Å². The van der Waals surface area contributed by atoms with Crippen molar-refractivity contribution in [1.29, 1.82) is 0 Å². The van der Waals surface area contributed by atoms with Gasteiger partial charge in [0.2, 0.25) is 0 Å². The van der Waals surface area contributed by atoms with Crippen LogP contribution in [0.1, 0.15) is 26.3 Å². The molecule has 0 aliphatic carbocycles. The SMILES string of the molecule is Cc1cccc(C(=O)NNC(=O)c2cc(Cl)ccc2O)c1I. The summed E-state index contributed by atoms with van der Waals surface area (Å²) in [5.74, 6) is -1.32. The van der Waals surface area contributed by atoms with Crippen molar-refractivity contribution < 1.29 is 14.7 Å². The van der Waals surface area contributed by atoms with E-state index in [0.29, 0.717) is 10.6 Å². The molecule has 0 heterocycles. The Morgan fingerprint density at radius 3 is 2.41 bits per heavy atom. The van der Waals surface area contributed by atoms with Gasteiger partial charge in [0.1, 0.15) is 5.75 Å². The Bertz CT molecular complexity index is 736.